The van der Waals surface area contributed by atoms with Gasteiger partial charge < -0.3 is 24.3 Å². The Labute approximate surface area is 247 Å². The summed E-state index contributed by atoms with van der Waals surface area (Å²) in [6.07, 6.45) is 1.60. The first kappa shape index (κ1) is 29.4. The monoisotopic (exact) mass is 589 g/mol. The average Bonchev–Trinajstić information content (AvgIpc) is 3.65. The molecule has 2 N–H and O–H groups in total. The molecule has 41 heavy (non-hydrogen) atoms. The largest absolute Gasteiger partial charge is 0.496 e. The fourth-order valence-corrected chi connectivity index (χ4v) is 6.67. The number of aliphatic hydroxyl groups excluding tert-OH is 2. The zero-order valence-electron chi connectivity index (χ0n) is 23.6. The van der Waals surface area contributed by atoms with Crippen LogP contribution in [0, 0.1) is 0 Å². The van der Waals surface area contributed by atoms with Crippen molar-refractivity contribution in [2.24, 2.45) is 0 Å². The Morgan fingerprint density at radius 2 is 1.46 bits per heavy atom. The fourth-order valence-electron chi connectivity index (χ4n) is 4.59. The van der Waals surface area contributed by atoms with Crippen LogP contribution >= 0.6 is 22.7 Å². The number of carbonyl (C=O) groups excluding carboxylic acids is 1. The molecule has 1 fully saturated rings. The molecule has 10 heteroatoms. The van der Waals surface area contributed by atoms with Crippen LogP contribution < -0.4 is 5.46 Å². The van der Waals surface area contributed by atoms with E-state index >= 15 is 0 Å². The number of rotatable bonds is 5. The van der Waals surface area contributed by atoms with E-state index in [1.54, 1.807) is 29.7 Å². The van der Waals surface area contributed by atoms with Gasteiger partial charge in [0.25, 0.3) is 0 Å². The van der Waals surface area contributed by atoms with Gasteiger partial charge in [-0.15, -0.1) is 22.7 Å². The molecule has 3 aromatic heterocycles. The Kier molecular flexibility index (Phi) is 8.34. The van der Waals surface area contributed by atoms with Gasteiger partial charge in [-0.25, -0.2) is 4.79 Å². The lowest BCUT2D eigenvalue weighted by atomic mass is 9.78. The van der Waals surface area contributed by atoms with Gasteiger partial charge in [-0.2, -0.15) is 0 Å². The van der Waals surface area contributed by atoms with Crippen molar-refractivity contribution >= 4 is 61.4 Å². The Morgan fingerprint density at radius 1 is 0.878 bits per heavy atom. The van der Waals surface area contributed by atoms with E-state index in [1.165, 1.54) is 18.4 Å². The van der Waals surface area contributed by atoms with Crippen LogP contribution in [0.3, 0.4) is 0 Å². The number of carbonyl (C=O) groups is 1. The first-order chi connectivity index (χ1) is 19.6. The number of aliphatic hydroxyl groups is 2. The number of methoxy groups -OCH3 is 1. The quantitative estimate of drug-likeness (QED) is 0.194. The SMILES string of the molecule is CC1(C)OB(c2cccc3cc(CO)sc23)OC1(C)C.COC(=O)c1ccnc(-c2cccc3cc(CO)sc23)c1. The van der Waals surface area contributed by atoms with Crippen molar-refractivity contribution in [3.63, 3.8) is 0 Å². The van der Waals surface area contributed by atoms with E-state index in [4.69, 9.17) is 14.0 Å². The second-order valence-electron chi connectivity index (χ2n) is 10.7. The standard InChI is InChI=1S/C16H13NO3S.C15H19BO3S/c1-20-16(19)11-5-6-17-14(8-11)13-4-2-3-10-7-12(9-18)21-15(10)13;1-14(2)15(3,4)19-16(18-14)12-7-5-6-10-8-11(9-17)20-13(10)12/h2-8,18H,9H2,1H3;5-8,17H,9H2,1-4H3. The molecule has 5 aromatic rings. The minimum Gasteiger partial charge on any atom is -0.465 e. The molecule has 0 atom stereocenters. The summed E-state index contributed by atoms with van der Waals surface area (Å²) in [7, 11) is 1.00. The van der Waals surface area contributed by atoms with E-state index < -0.39 is 0 Å². The topological polar surface area (TPSA) is 98.1 Å². The Morgan fingerprint density at radius 3 is 2.07 bits per heavy atom. The summed E-state index contributed by atoms with van der Waals surface area (Å²) in [6.45, 7) is 8.32. The summed E-state index contributed by atoms with van der Waals surface area (Å²) in [5, 5.41) is 20.8. The number of benzene rings is 2. The van der Waals surface area contributed by atoms with E-state index in [-0.39, 0.29) is 37.5 Å². The van der Waals surface area contributed by atoms with Crippen LogP contribution in [0.15, 0.2) is 66.9 Å². The Balaban J connectivity index is 0.000000165. The molecule has 0 aliphatic carbocycles. The summed E-state index contributed by atoms with van der Waals surface area (Å²) < 4.78 is 19.2. The van der Waals surface area contributed by atoms with Crippen LogP contribution in [0.2, 0.25) is 0 Å². The maximum Gasteiger partial charge on any atom is 0.496 e. The van der Waals surface area contributed by atoms with Gasteiger partial charge in [0.2, 0.25) is 0 Å². The summed E-state index contributed by atoms with van der Waals surface area (Å²) >= 11 is 3.13. The van der Waals surface area contributed by atoms with Gasteiger partial charge in [0.1, 0.15) is 0 Å². The van der Waals surface area contributed by atoms with E-state index in [0.717, 1.165) is 46.6 Å². The molecule has 1 aliphatic heterocycles. The Bertz CT molecular complexity index is 1690. The molecule has 4 heterocycles. The number of aromatic nitrogens is 1. The highest BCUT2D eigenvalue weighted by atomic mass is 32.1. The van der Waals surface area contributed by atoms with Crippen molar-refractivity contribution in [3.05, 3.63) is 82.2 Å². The normalized spacial score (nSPS) is 15.6. The second-order valence-corrected chi connectivity index (χ2v) is 13.0. The molecule has 0 spiro atoms. The molecule has 0 unspecified atom stereocenters. The molecule has 6 rings (SSSR count). The number of thiophene rings is 2. The van der Waals surface area contributed by atoms with Crippen LogP contribution in [-0.4, -0.2) is 46.6 Å². The lowest BCUT2D eigenvalue weighted by molar-refractivity contribution is 0.00578. The molecule has 2 aromatic carbocycles. The van der Waals surface area contributed by atoms with E-state index in [1.807, 2.05) is 42.5 Å². The lowest BCUT2D eigenvalue weighted by Gasteiger charge is -2.32. The number of esters is 1. The number of nitrogens with zero attached hydrogens (tertiary/aromatic N) is 1. The van der Waals surface area contributed by atoms with Gasteiger partial charge in [0.05, 0.1) is 42.8 Å². The minimum atomic E-state index is -0.381. The van der Waals surface area contributed by atoms with Gasteiger partial charge >= 0.3 is 13.1 Å². The predicted octanol–water partition coefficient (Wildman–Crippen LogP) is 5.94. The van der Waals surface area contributed by atoms with Crippen molar-refractivity contribution in [2.75, 3.05) is 7.11 Å². The Hall–Kier alpha value is -3.12. The maximum absolute atomic E-state index is 11.6. The summed E-state index contributed by atoms with van der Waals surface area (Å²) in [4.78, 5) is 17.8. The number of ether oxygens (including phenoxy) is 1. The van der Waals surface area contributed by atoms with Gasteiger partial charge in [-0.1, -0.05) is 36.4 Å². The third-order valence-electron chi connectivity index (χ3n) is 7.50. The predicted molar refractivity (Wildman–Crippen MR) is 166 cm³/mol. The smallest absolute Gasteiger partial charge is 0.465 e. The minimum absolute atomic E-state index is 0.0222. The van der Waals surface area contributed by atoms with Crippen LogP contribution in [0.25, 0.3) is 31.4 Å². The zero-order chi connectivity index (χ0) is 29.4. The molecule has 0 amide bonds. The maximum atomic E-state index is 11.6. The first-order valence-corrected chi connectivity index (χ1v) is 14.8. The molecule has 212 valence electrons. The summed E-state index contributed by atoms with van der Waals surface area (Å²) in [5.41, 5.74) is 2.51. The molecular weight excluding hydrogens is 557 g/mol. The zero-order valence-corrected chi connectivity index (χ0v) is 25.3. The second kappa shape index (κ2) is 11.6. The van der Waals surface area contributed by atoms with Gasteiger partial charge in [-0.3, -0.25) is 4.98 Å². The number of hydrogen-bond acceptors (Lipinski definition) is 9. The van der Waals surface area contributed by atoms with E-state index in [0.29, 0.717) is 5.56 Å². The van der Waals surface area contributed by atoms with Crippen molar-refractivity contribution in [2.45, 2.75) is 52.1 Å². The van der Waals surface area contributed by atoms with Crippen molar-refractivity contribution < 1.29 is 29.1 Å². The van der Waals surface area contributed by atoms with Crippen LogP contribution in [0.5, 0.6) is 0 Å². The fraction of sp³-hybridized carbons (Fsp3) is 0.290. The van der Waals surface area contributed by atoms with Gasteiger partial charge in [0, 0.05) is 36.4 Å². The van der Waals surface area contributed by atoms with Gasteiger partial charge in [-0.05, 0) is 62.7 Å². The van der Waals surface area contributed by atoms with Crippen LogP contribution in [0.4, 0.5) is 0 Å². The molecule has 7 nitrogen and oxygen atoms in total. The molecular formula is C31H32BNO6S2. The highest BCUT2D eigenvalue weighted by molar-refractivity contribution is 7.20. The molecule has 0 radical (unpaired) electrons. The summed E-state index contributed by atoms with van der Waals surface area (Å²) in [5.74, 6) is -0.381. The molecule has 1 aliphatic rings. The number of pyridine rings is 1. The summed E-state index contributed by atoms with van der Waals surface area (Å²) in [6, 6.07) is 19.4. The van der Waals surface area contributed by atoms with Crippen molar-refractivity contribution in [1.29, 1.82) is 0 Å². The number of fused-ring (bicyclic) bond motifs is 2. The van der Waals surface area contributed by atoms with Gasteiger partial charge in [0.15, 0.2) is 0 Å². The van der Waals surface area contributed by atoms with E-state index in [9.17, 15) is 15.0 Å². The molecule has 0 bridgehead atoms. The van der Waals surface area contributed by atoms with E-state index in [2.05, 4.69) is 38.7 Å². The number of hydrogen-bond donors (Lipinski definition) is 2. The average molecular weight is 590 g/mol. The van der Waals surface area contributed by atoms with Crippen molar-refractivity contribution in [3.8, 4) is 11.3 Å². The van der Waals surface area contributed by atoms with Crippen LogP contribution in [-0.2, 0) is 27.3 Å². The molecule has 1 saturated heterocycles. The van der Waals surface area contributed by atoms with Crippen molar-refractivity contribution in [1.82, 2.24) is 4.98 Å². The van der Waals surface area contributed by atoms with Crippen LogP contribution in [0.1, 0.15) is 47.8 Å². The highest BCUT2D eigenvalue weighted by Crippen LogP contribution is 2.38. The third-order valence-corrected chi connectivity index (χ3v) is 9.85. The lowest BCUT2D eigenvalue weighted by Crippen LogP contribution is -2.41. The third kappa shape index (κ3) is 5.81. The molecule has 0 saturated carbocycles. The first-order valence-electron chi connectivity index (χ1n) is 13.2. The highest BCUT2D eigenvalue weighted by Gasteiger charge is 2.52.